The number of alkyl carbamates (subject to hydrolysis) is 1. The van der Waals surface area contributed by atoms with Crippen LogP contribution in [0.1, 0.15) is 50.5 Å². The Morgan fingerprint density at radius 2 is 1.97 bits per heavy atom. The van der Waals surface area contributed by atoms with Crippen molar-refractivity contribution in [3.05, 3.63) is 35.0 Å². The number of aromatic nitrogens is 1. The average molecular weight is 422 g/mol. The van der Waals surface area contributed by atoms with Crippen LogP contribution in [0.3, 0.4) is 0 Å². The van der Waals surface area contributed by atoms with Gasteiger partial charge in [-0.3, -0.25) is 4.79 Å². The minimum atomic E-state index is -0.612. The zero-order valence-electron chi connectivity index (χ0n) is 16.9. The highest BCUT2D eigenvalue weighted by Crippen LogP contribution is 2.26. The fourth-order valence-corrected chi connectivity index (χ4v) is 3.87. The molecule has 1 aliphatic rings. The van der Waals surface area contributed by atoms with Gasteiger partial charge in [-0.15, -0.1) is 0 Å². The zero-order chi connectivity index (χ0) is 21.2. The van der Waals surface area contributed by atoms with E-state index in [1.54, 1.807) is 39.0 Å². The maximum absolute atomic E-state index is 12.8. The number of halogens is 1. The highest BCUT2D eigenvalue weighted by Gasteiger charge is 2.33. The first-order valence-corrected chi connectivity index (χ1v) is 10.2. The summed E-state index contributed by atoms with van der Waals surface area (Å²) in [6.07, 6.45) is 1.48. The van der Waals surface area contributed by atoms with Gasteiger partial charge < -0.3 is 25.5 Å². The van der Waals surface area contributed by atoms with Gasteiger partial charge in [0.2, 0.25) is 0 Å². The number of nitrogens with one attached hydrogen (secondary N) is 3. The number of H-pyrrole nitrogens is 1. The van der Waals surface area contributed by atoms with Crippen LogP contribution >= 0.6 is 11.6 Å². The van der Waals surface area contributed by atoms with Crippen molar-refractivity contribution < 1.29 is 19.4 Å². The molecule has 158 valence electrons. The molecule has 29 heavy (non-hydrogen) atoms. The van der Waals surface area contributed by atoms with E-state index in [2.05, 4.69) is 15.6 Å². The summed E-state index contributed by atoms with van der Waals surface area (Å²) in [6.45, 7) is 5.44. The Labute approximate surface area is 175 Å². The molecular weight excluding hydrogens is 394 g/mol. The van der Waals surface area contributed by atoms with E-state index in [4.69, 9.17) is 16.3 Å². The lowest BCUT2D eigenvalue weighted by molar-refractivity contribution is 0.0447. The lowest BCUT2D eigenvalue weighted by Crippen LogP contribution is -2.55. The lowest BCUT2D eigenvalue weighted by Gasteiger charge is -2.36. The Morgan fingerprint density at radius 1 is 1.21 bits per heavy atom. The third kappa shape index (κ3) is 5.64. The normalized spacial score (nSPS) is 22.3. The third-order valence-corrected chi connectivity index (χ3v) is 5.30. The summed E-state index contributed by atoms with van der Waals surface area (Å²) in [4.78, 5) is 28.2. The minimum absolute atomic E-state index is 0.0515. The smallest absolute Gasteiger partial charge is 0.407 e. The Balaban J connectivity index is 1.71. The van der Waals surface area contributed by atoms with E-state index in [1.807, 2.05) is 6.07 Å². The molecule has 2 unspecified atom stereocenters. The molecule has 3 rings (SSSR count). The predicted molar refractivity (Wildman–Crippen MR) is 112 cm³/mol. The first-order chi connectivity index (χ1) is 13.6. The van der Waals surface area contributed by atoms with Gasteiger partial charge in [0, 0.05) is 28.6 Å². The molecule has 0 spiro atoms. The van der Waals surface area contributed by atoms with Gasteiger partial charge in [-0.2, -0.15) is 0 Å². The van der Waals surface area contributed by atoms with Crippen molar-refractivity contribution in [2.75, 3.05) is 6.61 Å². The summed E-state index contributed by atoms with van der Waals surface area (Å²) in [6, 6.07) is 6.56. The zero-order valence-corrected chi connectivity index (χ0v) is 17.7. The molecule has 1 saturated carbocycles. The first kappa shape index (κ1) is 21.5. The molecule has 0 bridgehead atoms. The number of carbonyl (C=O) groups excluding carboxylic acids is 2. The number of hydrogen-bond acceptors (Lipinski definition) is 4. The van der Waals surface area contributed by atoms with E-state index in [1.165, 1.54) is 0 Å². The number of aromatic amines is 1. The first-order valence-electron chi connectivity index (χ1n) is 9.84. The van der Waals surface area contributed by atoms with Gasteiger partial charge >= 0.3 is 6.09 Å². The molecule has 8 heteroatoms. The topological polar surface area (TPSA) is 103 Å². The number of fused-ring (bicyclic) bond motifs is 1. The second-order valence-corrected chi connectivity index (χ2v) is 9.05. The molecule has 1 aliphatic carbocycles. The van der Waals surface area contributed by atoms with E-state index >= 15 is 0 Å². The Bertz CT molecular complexity index is 890. The fourth-order valence-electron chi connectivity index (χ4n) is 3.69. The maximum atomic E-state index is 12.8. The summed E-state index contributed by atoms with van der Waals surface area (Å²) < 4.78 is 5.35. The van der Waals surface area contributed by atoms with Gasteiger partial charge in [0.05, 0.1) is 6.04 Å². The SMILES string of the molecule is CC(C)(C)OC(=O)NC1C[C@@H](CO)CCC1NC(=O)c1cc2cc(Cl)ccc2[nH]1. The molecule has 1 fully saturated rings. The van der Waals surface area contributed by atoms with E-state index in [-0.39, 0.29) is 30.5 Å². The summed E-state index contributed by atoms with van der Waals surface area (Å²) in [5, 5.41) is 16.9. The molecule has 0 radical (unpaired) electrons. The van der Waals surface area contributed by atoms with Crippen molar-refractivity contribution in [2.45, 2.75) is 57.7 Å². The molecular formula is C21H28ClN3O4. The second kappa shape index (κ2) is 8.63. The van der Waals surface area contributed by atoms with Crippen LogP contribution < -0.4 is 10.6 Å². The van der Waals surface area contributed by atoms with Crippen molar-refractivity contribution in [3.8, 4) is 0 Å². The van der Waals surface area contributed by atoms with Gasteiger partial charge in [0.25, 0.3) is 5.91 Å². The van der Waals surface area contributed by atoms with Crippen LogP contribution in [-0.4, -0.2) is 46.4 Å². The van der Waals surface area contributed by atoms with Crippen LogP contribution in [0.4, 0.5) is 4.79 Å². The molecule has 1 aromatic heterocycles. The second-order valence-electron chi connectivity index (χ2n) is 8.61. The minimum Gasteiger partial charge on any atom is -0.444 e. The highest BCUT2D eigenvalue weighted by molar-refractivity contribution is 6.31. The Hall–Kier alpha value is -2.25. The van der Waals surface area contributed by atoms with Crippen molar-refractivity contribution >= 4 is 34.5 Å². The van der Waals surface area contributed by atoms with Crippen LogP contribution in [0.5, 0.6) is 0 Å². The van der Waals surface area contributed by atoms with Crippen LogP contribution in [0, 0.1) is 5.92 Å². The van der Waals surface area contributed by atoms with Crippen molar-refractivity contribution in [2.24, 2.45) is 5.92 Å². The van der Waals surface area contributed by atoms with E-state index < -0.39 is 11.7 Å². The van der Waals surface area contributed by atoms with Gasteiger partial charge in [0.1, 0.15) is 11.3 Å². The number of amides is 2. The summed E-state index contributed by atoms with van der Waals surface area (Å²) in [5.74, 6) is -0.168. The molecule has 7 nitrogen and oxygen atoms in total. The quantitative estimate of drug-likeness (QED) is 0.605. The Kier molecular flexibility index (Phi) is 6.39. The predicted octanol–water partition coefficient (Wildman–Crippen LogP) is 3.61. The van der Waals surface area contributed by atoms with E-state index in [0.29, 0.717) is 23.6 Å². The molecule has 0 aliphatic heterocycles. The summed E-state index contributed by atoms with van der Waals surface area (Å²) in [5.41, 5.74) is 0.647. The largest absolute Gasteiger partial charge is 0.444 e. The van der Waals surface area contributed by atoms with Gasteiger partial charge in [-0.25, -0.2) is 4.79 Å². The third-order valence-electron chi connectivity index (χ3n) is 5.06. The number of aliphatic hydroxyl groups is 1. The van der Waals surface area contributed by atoms with Crippen molar-refractivity contribution in [1.82, 2.24) is 15.6 Å². The average Bonchev–Trinajstić information content (AvgIpc) is 3.04. The van der Waals surface area contributed by atoms with Gasteiger partial charge in [0.15, 0.2) is 0 Å². The monoisotopic (exact) mass is 421 g/mol. The van der Waals surface area contributed by atoms with Crippen LogP contribution in [0.25, 0.3) is 10.9 Å². The summed E-state index contributed by atoms with van der Waals surface area (Å²) in [7, 11) is 0. The van der Waals surface area contributed by atoms with Crippen molar-refractivity contribution in [1.29, 1.82) is 0 Å². The molecule has 4 N–H and O–H groups in total. The lowest BCUT2D eigenvalue weighted by atomic mass is 9.82. The number of rotatable bonds is 4. The standard InChI is InChI=1S/C21H28ClN3O4/c1-21(2,3)29-20(28)25-17-8-12(11-26)4-6-16(17)24-19(27)18-10-13-9-14(22)5-7-15(13)23-18/h5,7,9-10,12,16-17,23,26H,4,6,8,11H2,1-3H3,(H,24,27)(H,25,28)/t12-,16?,17?/m0/s1. The number of benzene rings is 1. The van der Waals surface area contributed by atoms with Crippen LogP contribution in [0.2, 0.25) is 5.02 Å². The number of aliphatic hydroxyl groups excluding tert-OH is 1. The molecule has 2 aromatic rings. The number of carbonyl (C=O) groups is 2. The molecule has 2 amide bonds. The Morgan fingerprint density at radius 3 is 2.66 bits per heavy atom. The maximum Gasteiger partial charge on any atom is 0.407 e. The molecule has 1 heterocycles. The molecule has 0 saturated heterocycles. The number of ether oxygens (including phenoxy) is 1. The van der Waals surface area contributed by atoms with Crippen molar-refractivity contribution in [3.63, 3.8) is 0 Å². The molecule has 3 atom stereocenters. The molecule has 1 aromatic carbocycles. The van der Waals surface area contributed by atoms with Gasteiger partial charge in [-0.1, -0.05) is 11.6 Å². The van der Waals surface area contributed by atoms with Gasteiger partial charge in [-0.05, 0) is 70.2 Å². The van der Waals surface area contributed by atoms with E-state index in [9.17, 15) is 14.7 Å². The van der Waals surface area contributed by atoms with Crippen LogP contribution in [0.15, 0.2) is 24.3 Å². The van der Waals surface area contributed by atoms with Crippen LogP contribution in [-0.2, 0) is 4.74 Å². The highest BCUT2D eigenvalue weighted by atomic mass is 35.5. The van der Waals surface area contributed by atoms with E-state index in [0.717, 1.165) is 17.3 Å². The fraction of sp³-hybridized carbons (Fsp3) is 0.524. The number of hydrogen-bond donors (Lipinski definition) is 4. The summed E-state index contributed by atoms with van der Waals surface area (Å²) >= 11 is 6.02.